The Morgan fingerprint density at radius 3 is 2.41 bits per heavy atom. The van der Waals surface area contributed by atoms with Crippen molar-refractivity contribution in [2.24, 2.45) is 5.92 Å². The molecular weight excluding hydrogens is 228 g/mol. The normalized spacial score (nSPS) is 19.2. The first kappa shape index (κ1) is 12.9. The highest BCUT2D eigenvalue weighted by Gasteiger charge is 2.23. The van der Waals surface area contributed by atoms with Gasteiger partial charge in [0.05, 0.1) is 0 Å². The van der Waals surface area contributed by atoms with E-state index in [0.29, 0.717) is 6.04 Å². The van der Waals surface area contributed by atoms with Crippen LogP contribution in [0.3, 0.4) is 0 Å². The van der Waals surface area contributed by atoms with Crippen molar-refractivity contribution in [1.82, 2.24) is 10.6 Å². The molecule has 1 aliphatic rings. The van der Waals surface area contributed by atoms with Gasteiger partial charge in [-0.15, -0.1) is 11.8 Å². The lowest BCUT2D eigenvalue weighted by Gasteiger charge is -2.31. The predicted octanol–water partition coefficient (Wildman–Crippen LogP) is 2.67. The van der Waals surface area contributed by atoms with Crippen LogP contribution >= 0.6 is 11.8 Å². The SMILES string of the molecule is CNC(c1ccc(SC)cc1)C1CCNCC1. The minimum Gasteiger partial charge on any atom is -0.317 e. The highest BCUT2D eigenvalue weighted by molar-refractivity contribution is 7.98. The van der Waals surface area contributed by atoms with Gasteiger partial charge in [0.25, 0.3) is 0 Å². The van der Waals surface area contributed by atoms with Gasteiger partial charge < -0.3 is 10.6 Å². The Balaban J connectivity index is 2.10. The van der Waals surface area contributed by atoms with Crippen molar-refractivity contribution < 1.29 is 0 Å². The number of benzene rings is 1. The third-order valence-electron chi connectivity index (χ3n) is 3.64. The molecule has 94 valence electrons. The Hall–Kier alpha value is -0.510. The number of nitrogens with one attached hydrogen (secondary N) is 2. The summed E-state index contributed by atoms with van der Waals surface area (Å²) in [4.78, 5) is 1.34. The van der Waals surface area contributed by atoms with E-state index in [1.807, 2.05) is 0 Å². The van der Waals surface area contributed by atoms with Gasteiger partial charge in [-0.2, -0.15) is 0 Å². The van der Waals surface area contributed by atoms with Gasteiger partial charge in [0, 0.05) is 10.9 Å². The molecule has 0 saturated carbocycles. The third-order valence-corrected chi connectivity index (χ3v) is 4.38. The molecule has 2 rings (SSSR count). The summed E-state index contributed by atoms with van der Waals surface area (Å²) in [6.45, 7) is 2.32. The van der Waals surface area contributed by atoms with Crippen LogP contribution in [0.1, 0.15) is 24.4 Å². The van der Waals surface area contributed by atoms with E-state index in [1.54, 1.807) is 11.8 Å². The molecule has 0 bridgehead atoms. The second kappa shape index (κ2) is 6.43. The lowest BCUT2D eigenvalue weighted by Crippen LogP contribution is -2.35. The molecule has 1 saturated heterocycles. The zero-order chi connectivity index (χ0) is 12.1. The van der Waals surface area contributed by atoms with Crippen molar-refractivity contribution in [3.05, 3.63) is 29.8 Å². The van der Waals surface area contributed by atoms with Crippen LogP contribution < -0.4 is 10.6 Å². The second-order valence-electron chi connectivity index (χ2n) is 4.63. The van der Waals surface area contributed by atoms with Crippen molar-refractivity contribution in [3.63, 3.8) is 0 Å². The first-order valence-corrected chi connectivity index (χ1v) is 7.59. The molecule has 0 aromatic heterocycles. The molecule has 1 aliphatic heterocycles. The van der Waals surface area contributed by atoms with Crippen LogP contribution in [0, 0.1) is 5.92 Å². The van der Waals surface area contributed by atoms with Crippen molar-refractivity contribution in [2.45, 2.75) is 23.8 Å². The molecule has 0 amide bonds. The lowest BCUT2D eigenvalue weighted by atomic mass is 9.86. The molecule has 1 aromatic rings. The van der Waals surface area contributed by atoms with E-state index in [1.165, 1.54) is 23.3 Å². The van der Waals surface area contributed by atoms with Gasteiger partial charge in [0.15, 0.2) is 0 Å². The quantitative estimate of drug-likeness (QED) is 0.803. The smallest absolute Gasteiger partial charge is 0.0347 e. The van der Waals surface area contributed by atoms with Crippen LogP contribution in [0.2, 0.25) is 0 Å². The molecular formula is C14H22N2S. The first-order valence-electron chi connectivity index (χ1n) is 6.37. The van der Waals surface area contributed by atoms with Crippen molar-refractivity contribution in [3.8, 4) is 0 Å². The highest BCUT2D eigenvalue weighted by Crippen LogP contribution is 2.29. The molecule has 2 N–H and O–H groups in total. The van der Waals surface area contributed by atoms with Crippen LogP contribution in [-0.2, 0) is 0 Å². The standard InChI is InChI=1S/C14H22N2S/c1-15-14(12-7-9-16-10-8-12)11-3-5-13(17-2)6-4-11/h3-6,12,14-16H,7-10H2,1-2H3. The van der Waals surface area contributed by atoms with Gasteiger partial charge in [-0.05, 0) is 62.8 Å². The van der Waals surface area contributed by atoms with Gasteiger partial charge in [-0.1, -0.05) is 12.1 Å². The van der Waals surface area contributed by atoms with Crippen molar-refractivity contribution in [2.75, 3.05) is 26.4 Å². The summed E-state index contributed by atoms with van der Waals surface area (Å²) in [6.07, 6.45) is 4.67. The molecule has 3 heteroatoms. The van der Waals surface area contributed by atoms with Gasteiger partial charge in [-0.3, -0.25) is 0 Å². The monoisotopic (exact) mass is 250 g/mol. The maximum Gasteiger partial charge on any atom is 0.0347 e. The van der Waals surface area contributed by atoms with E-state index >= 15 is 0 Å². The maximum absolute atomic E-state index is 3.49. The number of rotatable bonds is 4. The van der Waals surface area contributed by atoms with Gasteiger partial charge >= 0.3 is 0 Å². The van der Waals surface area contributed by atoms with E-state index in [2.05, 4.69) is 48.2 Å². The van der Waals surface area contributed by atoms with Crippen LogP contribution in [0.25, 0.3) is 0 Å². The zero-order valence-electron chi connectivity index (χ0n) is 10.7. The van der Waals surface area contributed by atoms with E-state index in [9.17, 15) is 0 Å². The molecule has 1 fully saturated rings. The Morgan fingerprint density at radius 1 is 1.24 bits per heavy atom. The van der Waals surface area contributed by atoms with Gasteiger partial charge in [0.1, 0.15) is 0 Å². The Morgan fingerprint density at radius 2 is 1.88 bits per heavy atom. The van der Waals surface area contributed by atoms with E-state index < -0.39 is 0 Å². The summed E-state index contributed by atoms with van der Waals surface area (Å²) in [6, 6.07) is 9.51. The molecule has 17 heavy (non-hydrogen) atoms. The summed E-state index contributed by atoms with van der Waals surface area (Å²) >= 11 is 1.80. The second-order valence-corrected chi connectivity index (χ2v) is 5.51. The molecule has 0 spiro atoms. The van der Waals surface area contributed by atoms with Crippen molar-refractivity contribution in [1.29, 1.82) is 0 Å². The number of hydrogen-bond acceptors (Lipinski definition) is 3. The average Bonchev–Trinajstić information content (AvgIpc) is 2.42. The summed E-state index contributed by atoms with van der Waals surface area (Å²) in [7, 11) is 2.08. The third kappa shape index (κ3) is 3.24. The molecule has 0 radical (unpaired) electrons. The van der Waals surface area contributed by atoms with Crippen molar-refractivity contribution >= 4 is 11.8 Å². The Bertz CT molecular complexity index is 331. The number of piperidine rings is 1. The number of thioether (sulfide) groups is 1. The summed E-state index contributed by atoms with van der Waals surface area (Å²) in [5.41, 5.74) is 1.43. The highest BCUT2D eigenvalue weighted by atomic mass is 32.2. The summed E-state index contributed by atoms with van der Waals surface area (Å²) < 4.78 is 0. The molecule has 1 atom stereocenters. The van der Waals surface area contributed by atoms with Crippen LogP contribution in [0.5, 0.6) is 0 Å². The summed E-state index contributed by atoms with van der Waals surface area (Å²) in [5, 5.41) is 6.92. The van der Waals surface area contributed by atoms with Gasteiger partial charge in [0.2, 0.25) is 0 Å². The van der Waals surface area contributed by atoms with Crippen LogP contribution in [0.15, 0.2) is 29.2 Å². The fourth-order valence-corrected chi connectivity index (χ4v) is 3.07. The largest absolute Gasteiger partial charge is 0.317 e. The minimum atomic E-state index is 0.507. The molecule has 0 aliphatic carbocycles. The van der Waals surface area contributed by atoms with E-state index in [4.69, 9.17) is 0 Å². The van der Waals surface area contributed by atoms with Crippen LogP contribution in [-0.4, -0.2) is 26.4 Å². The molecule has 2 nitrogen and oxygen atoms in total. The predicted molar refractivity (Wildman–Crippen MR) is 75.6 cm³/mol. The molecule has 1 aromatic carbocycles. The lowest BCUT2D eigenvalue weighted by molar-refractivity contribution is 0.294. The Kier molecular flexibility index (Phi) is 4.89. The zero-order valence-corrected chi connectivity index (χ0v) is 11.5. The maximum atomic E-state index is 3.49. The summed E-state index contributed by atoms with van der Waals surface area (Å²) in [5.74, 6) is 0.765. The van der Waals surface area contributed by atoms with Gasteiger partial charge in [-0.25, -0.2) is 0 Å². The minimum absolute atomic E-state index is 0.507. The fourth-order valence-electron chi connectivity index (χ4n) is 2.66. The van der Waals surface area contributed by atoms with E-state index in [-0.39, 0.29) is 0 Å². The van der Waals surface area contributed by atoms with E-state index in [0.717, 1.165) is 19.0 Å². The topological polar surface area (TPSA) is 24.1 Å². The average molecular weight is 250 g/mol. The first-order chi connectivity index (χ1) is 8.35. The molecule has 1 unspecified atom stereocenters. The fraction of sp³-hybridized carbons (Fsp3) is 0.571. The number of hydrogen-bond donors (Lipinski definition) is 2. The van der Waals surface area contributed by atoms with Crippen LogP contribution in [0.4, 0.5) is 0 Å². The molecule has 1 heterocycles. The Labute approximate surface area is 109 Å².